The van der Waals surface area contributed by atoms with Crippen LogP contribution in [0.25, 0.3) is 0 Å². The van der Waals surface area contributed by atoms with Crippen LogP contribution in [-0.2, 0) is 34.3 Å². The summed E-state index contributed by atoms with van der Waals surface area (Å²) in [7, 11) is -5.24. The molecule has 1 aliphatic heterocycles. The van der Waals surface area contributed by atoms with E-state index in [-0.39, 0.29) is 26.2 Å². The summed E-state index contributed by atoms with van der Waals surface area (Å²) >= 11 is 0. The fourth-order valence-electron chi connectivity index (χ4n) is 2.95. The Labute approximate surface area is 158 Å². The van der Waals surface area contributed by atoms with Crippen LogP contribution in [0.3, 0.4) is 0 Å². The van der Waals surface area contributed by atoms with Crippen molar-refractivity contribution in [1.82, 2.24) is 22.0 Å². The Balaban J connectivity index is 2.29. The molecule has 0 unspecified atom stereocenters. The summed E-state index contributed by atoms with van der Waals surface area (Å²) in [6.45, 7) is 3.95. The first-order valence-corrected chi connectivity index (χ1v) is 11.3. The van der Waals surface area contributed by atoms with Crippen LogP contribution in [0.5, 0.6) is 0 Å². The fourth-order valence-corrected chi connectivity index (χ4v) is 6.12. The number of nitrogens with zero attached hydrogens (tertiary/aromatic N) is 5. The molecule has 0 N–H and O–H groups in total. The lowest BCUT2D eigenvalue weighted by atomic mass is 10.4. The molecule has 2 rings (SSSR count). The number of aromatic nitrogens is 2. The van der Waals surface area contributed by atoms with E-state index in [4.69, 9.17) is 0 Å². The molecule has 1 aromatic rings. The van der Waals surface area contributed by atoms with Gasteiger partial charge in [-0.2, -0.15) is 21.3 Å². The Bertz CT molecular complexity index is 1020. The molecule has 0 amide bonds. The highest BCUT2D eigenvalue weighted by atomic mass is 32.2. The lowest BCUT2D eigenvalue weighted by Crippen LogP contribution is -2.54. The third-order valence-electron chi connectivity index (χ3n) is 4.59. The van der Waals surface area contributed by atoms with E-state index in [9.17, 15) is 26.4 Å². The van der Waals surface area contributed by atoms with Crippen molar-refractivity contribution in [3.63, 3.8) is 0 Å². The topological polar surface area (TPSA) is 122 Å². The summed E-state index contributed by atoms with van der Waals surface area (Å²) in [4.78, 5) is 23.5. The molecule has 13 heteroatoms. The SMILES string of the molecule is CCN(CC)S(=O)(=O)N1CCN(S(=O)(=O)c2cn(C)c(=O)n(C)c2=O)CC1. The number of rotatable bonds is 6. The Morgan fingerprint density at radius 1 is 0.926 bits per heavy atom. The lowest BCUT2D eigenvalue weighted by molar-refractivity contribution is 0.256. The van der Waals surface area contributed by atoms with Crippen LogP contribution in [0.2, 0.25) is 0 Å². The van der Waals surface area contributed by atoms with Crippen molar-refractivity contribution in [3.8, 4) is 0 Å². The zero-order valence-corrected chi connectivity index (χ0v) is 17.5. The molecule has 1 aliphatic rings. The van der Waals surface area contributed by atoms with Gasteiger partial charge < -0.3 is 4.57 Å². The van der Waals surface area contributed by atoms with Crippen molar-refractivity contribution >= 4 is 20.2 Å². The molecule has 0 aliphatic carbocycles. The molecule has 0 radical (unpaired) electrons. The van der Waals surface area contributed by atoms with Gasteiger partial charge in [0.25, 0.3) is 15.8 Å². The lowest BCUT2D eigenvalue weighted by Gasteiger charge is -2.35. The first-order chi connectivity index (χ1) is 12.5. The number of sulfonamides is 1. The van der Waals surface area contributed by atoms with E-state index in [1.54, 1.807) is 13.8 Å². The van der Waals surface area contributed by atoms with Gasteiger partial charge in [-0.05, 0) is 0 Å². The van der Waals surface area contributed by atoms with Crippen molar-refractivity contribution in [2.75, 3.05) is 39.3 Å². The molecule has 0 atom stereocenters. The molecule has 27 heavy (non-hydrogen) atoms. The molecule has 0 aromatic carbocycles. The zero-order valence-electron chi connectivity index (χ0n) is 15.8. The van der Waals surface area contributed by atoms with Gasteiger partial charge >= 0.3 is 5.69 Å². The first kappa shape index (κ1) is 21.8. The zero-order chi connectivity index (χ0) is 20.6. The maximum atomic E-state index is 12.8. The van der Waals surface area contributed by atoms with Gasteiger partial charge in [-0.15, -0.1) is 0 Å². The summed E-state index contributed by atoms with van der Waals surface area (Å²) in [5.41, 5.74) is -1.54. The van der Waals surface area contributed by atoms with E-state index in [2.05, 4.69) is 0 Å². The van der Waals surface area contributed by atoms with Crippen molar-refractivity contribution in [3.05, 3.63) is 27.0 Å². The highest BCUT2D eigenvalue weighted by molar-refractivity contribution is 7.89. The molecule has 0 saturated carbocycles. The van der Waals surface area contributed by atoms with Gasteiger partial charge in [0, 0.05) is 59.6 Å². The minimum Gasteiger partial charge on any atom is -0.302 e. The quantitative estimate of drug-likeness (QED) is 0.520. The molecule has 1 saturated heterocycles. The summed E-state index contributed by atoms with van der Waals surface area (Å²) in [6, 6.07) is 0. The predicted octanol–water partition coefficient (Wildman–Crippen LogP) is -2.02. The predicted molar refractivity (Wildman–Crippen MR) is 99.1 cm³/mol. The van der Waals surface area contributed by atoms with E-state index in [0.717, 1.165) is 19.6 Å². The van der Waals surface area contributed by atoms with Crippen LogP contribution in [0.4, 0.5) is 0 Å². The summed E-state index contributed by atoms with van der Waals surface area (Å²) in [6.07, 6.45) is 0.999. The Morgan fingerprint density at radius 3 is 1.89 bits per heavy atom. The van der Waals surface area contributed by atoms with Crippen LogP contribution in [-0.4, -0.2) is 78.2 Å². The third kappa shape index (κ3) is 3.87. The molecule has 0 bridgehead atoms. The van der Waals surface area contributed by atoms with Gasteiger partial charge in [-0.1, -0.05) is 13.8 Å². The molecule has 1 aromatic heterocycles. The van der Waals surface area contributed by atoms with Crippen molar-refractivity contribution < 1.29 is 16.8 Å². The van der Waals surface area contributed by atoms with Crippen molar-refractivity contribution in [1.29, 1.82) is 0 Å². The molecule has 154 valence electrons. The molecule has 11 nitrogen and oxygen atoms in total. The summed E-state index contributed by atoms with van der Waals surface area (Å²) in [5.74, 6) is 0. The number of piperazine rings is 1. The molecule has 1 fully saturated rings. The largest absolute Gasteiger partial charge is 0.330 e. The normalized spacial score (nSPS) is 17.5. The minimum atomic E-state index is -4.15. The summed E-state index contributed by atoms with van der Waals surface area (Å²) < 4.78 is 56.2. The van der Waals surface area contributed by atoms with E-state index in [1.165, 1.54) is 22.7 Å². The second-order valence-corrected chi connectivity index (χ2v) is 9.98. The van der Waals surface area contributed by atoms with Crippen LogP contribution < -0.4 is 11.2 Å². The number of hydrogen-bond acceptors (Lipinski definition) is 6. The van der Waals surface area contributed by atoms with Gasteiger partial charge in [-0.3, -0.25) is 9.36 Å². The monoisotopic (exact) mass is 423 g/mol. The van der Waals surface area contributed by atoms with Gasteiger partial charge in [0.15, 0.2) is 4.90 Å². The smallest absolute Gasteiger partial charge is 0.302 e. The van der Waals surface area contributed by atoms with Crippen molar-refractivity contribution in [2.24, 2.45) is 14.1 Å². The van der Waals surface area contributed by atoms with Gasteiger partial charge in [0.1, 0.15) is 0 Å². The Morgan fingerprint density at radius 2 is 1.41 bits per heavy atom. The average molecular weight is 424 g/mol. The molecule has 2 heterocycles. The second-order valence-electron chi connectivity index (χ2n) is 6.15. The molecular formula is C14H25N5O6S2. The summed E-state index contributed by atoms with van der Waals surface area (Å²) in [5, 5.41) is 0. The maximum absolute atomic E-state index is 12.8. The third-order valence-corrected chi connectivity index (χ3v) is 8.66. The highest BCUT2D eigenvalue weighted by Gasteiger charge is 2.36. The van der Waals surface area contributed by atoms with Crippen LogP contribution in [0, 0.1) is 0 Å². The van der Waals surface area contributed by atoms with E-state index < -0.39 is 36.4 Å². The Kier molecular flexibility index (Phi) is 6.31. The van der Waals surface area contributed by atoms with Gasteiger partial charge in [0.05, 0.1) is 0 Å². The number of aryl methyl sites for hydroxylation is 1. The highest BCUT2D eigenvalue weighted by Crippen LogP contribution is 2.17. The minimum absolute atomic E-state index is 0.00978. The van der Waals surface area contributed by atoms with Crippen LogP contribution >= 0.6 is 0 Å². The van der Waals surface area contributed by atoms with E-state index in [0.29, 0.717) is 13.1 Å². The van der Waals surface area contributed by atoms with Crippen LogP contribution in [0.15, 0.2) is 20.7 Å². The van der Waals surface area contributed by atoms with E-state index in [1.807, 2.05) is 0 Å². The molecular weight excluding hydrogens is 398 g/mol. The van der Waals surface area contributed by atoms with Gasteiger partial charge in [0.2, 0.25) is 10.0 Å². The Hall–Kier alpha value is -1.54. The van der Waals surface area contributed by atoms with Gasteiger partial charge in [-0.25, -0.2) is 13.2 Å². The molecule has 0 spiro atoms. The first-order valence-electron chi connectivity index (χ1n) is 8.50. The standard InChI is InChI=1S/C14H25N5O6S2/c1-5-17(6-2)27(24,25)19-9-7-18(8-10-19)26(22,23)12-11-15(3)14(21)16(4)13(12)20/h11H,5-10H2,1-4H3. The van der Waals surface area contributed by atoms with Crippen molar-refractivity contribution in [2.45, 2.75) is 18.7 Å². The average Bonchev–Trinajstić information content (AvgIpc) is 2.63. The number of hydrogen-bond donors (Lipinski definition) is 0. The van der Waals surface area contributed by atoms with E-state index >= 15 is 0 Å². The fraction of sp³-hybridized carbons (Fsp3) is 0.714. The second kappa shape index (κ2) is 7.83. The maximum Gasteiger partial charge on any atom is 0.330 e. The van der Waals surface area contributed by atoms with Crippen LogP contribution in [0.1, 0.15) is 13.8 Å².